The molecule has 2 rings (SSSR count). The van der Waals surface area contributed by atoms with Gasteiger partial charge in [0, 0.05) is 12.6 Å². The molecule has 1 atom stereocenters. The van der Waals surface area contributed by atoms with Gasteiger partial charge in [-0.25, -0.2) is 0 Å². The van der Waals surface area contributed by atoms with E-state index in [9.17, 15) is 0 Å². The molecule has 1 aliphatic carbocycles. The van der Waals surface area contributed by atoms with Gasteiger partial charge in [0.05, 0.1) is 5.60 Å². The van der Waals surface area contributed by atoms with Gasteiger partial charge in [0.25, 0.3) is 0 Å². The van der Waals surface area contributed by atoms with Gasteiger partial charge in [-0.1, -0.05) is 56.0 Å². The first-order valence-electron chi connectivity index (χ1n) is 8.66. The summed E-state index contributed by atoms with van der Waals surface area (Å²) < 4.78 is 6.33. The molecule has 1 aliphatic rings. The third kappa shape index (κ3) is 4.55. The molecule has 1 aromatic rings. The smallest absolute Gasteiger partial charge is 0.0834 e. The van der Waals surface area contributed by atoms with Gasteiger partial charge in [-0.2, -0.15) is 0 Å². The molecule has 0 radical (unpaired) electrons. The highest BCUT2D eigenvalue weighted by molar-refractivity contribution is 5.15. The van der Waals surface area contributed by atoms with Gasteiger partial charge in [-0.15, -0.1) is 0 Å². The van der Waals surface area contributed by atoms with Gasteiger partial charge in [0.1, 0.15) is 0 Å². The van der Waals surface area contributed by atoms with E-state index in [-0.39, 0.29) is 5.60 Å². The minimum atomic E-state index is 0.0504. The highest BCUT2D eigenvalue weighted by Crippen LogP contribution is 2.35. The number of hydrogen-bond acceptors (Lipinski definition) is 2. The number of rotatable bonds is 7. The molecule has 0 aliphatic heterocycles. The Morgan fingerprint density at radius 3 is 2.33 bits per heavy atom. The molecular formula is C19H31NO. The lowest BCUT2D eigenvalue weighted by atomic mass is 9.83. The third-order valence-corrected chi connectivity index (χ3v) is 4.93. The molecule has 1 N–H and O–H groups in total. The van der Waals surface area contributed by atoms with Crippen molar-refractivity contribution in [2.45, 2.75) is 69.9 Å². The molecule has 0 heterocycles. The molecule has 0 aromatic heterocycles. The molecule has 0 bridgehead atoms. The van der Waals surface area contributed by atoms with Crippen LogP contribution >= 0.6 is 0 Å². The van der Waals surface area contributed by atoms with Crippen molar-refractivity contribution in [1.29, 1.82) is 0 Å². The van der Waals surface area contributed by atoms with E-state index < -0.39 is 0 Å². The van der Waals surface area contributed by atoms with Gasteiger partial charge >= 0.3 is 0 Å². The fraction of sp³-hybridized carbons (Fsp3) is 0.684. The van der Waals surface area contributed by atoms with Crippen molar-refractivity contribution >= 4 is 0 Å². The molecule has 0 saturated heterocycles. The lowest BCUT2D eigenvalue weighted by Gasteiger charge is -2.40. The van der Waals surface area contributed by atoms with E-state index in [0.29, 0.717) is 6.04 Å². The molecular weight excluding hydrogens is 258 g/mol. The van der Waals surface area contributed by atoms with E-state index in [4.69, 9.17) is 4.74 Å². The number of nitrogens with one attached hydrogen (secondary N) is 1. The first-order valence-corrected chi connectivity index (χ1v) is 8.66. The van der Waals surface area contributed by atoms with Crippen LogP contribution < -0.4 is 5.32 Å². The summed E-state index contributed by atoms with van der Waals surface area (Å²) in [6, 6.07) is 11.3. The summed E-state index contributed by atoms with van der Waals surface area (Å²) in [5.41, 5.74) is 1.48. The molecule has 0 amide bonds. The van der Waals surface area contributed by atoms with Crippen LogP contribution in [0.25, 0.3) is 0 Å². The first kappa shape index (κ1) is 16.5. The van der Waals surface area contributed by atoms with Gasteiger partial charge in [-0.3, -0.25) is 0 Å². The summed E-state index contributed by atoms with van der Waals surface area (Å²) in [5.74, 6) is 0. The van der Waals surface area contributed by atoms with E-state index in [1.807, 2.05) is 0 Å². The van der Waals surface area contributed by atoms with Crippen molar-refractivity contribution in [3.05, 3.63) is 35.9 Å². The maximum absolute atomic E-state index is 6.33. The summed E-state index contributed by atoms with van der Waals surface area (Å²) in [5, 5.41) is 3.57. The van der Waals surface area contributed by atoms with E-state index >= 15 is 0 Å². The normalized spacial score (nSPS) is 19.9. The molecule has 0 spiro atoms. The molecule has 118 valence electrons. The zero-order valence-corrected chi connectivity index (χ0v) is 13.7. The topological polar surface area (TPSA) is 21.3 Å². The zero-order valence-electron chi connectivity index (χ0n) is 13.7. The fourth-order valence-electron chi connectivity index (χ4n) is 3.83. The number of benzene rings is 1. The zero-order chi connectivity index (χ0) is 15.0. The highest BCUT2D eigenvalue weighted by atomic mass is 16.5. The van der Waals surface area contributed by atoms with Crippen molar-refractivity contribution in [3.8, 4) is 0 Å². The number of ether oxygens (including phenoxy) is 1. The van der Waals surface area contributed by atoms with E-state index in [2.05, 4.69) is 49.6 Å². The maximum atomic E-state index is 6.33. The Labute approximate surface area is 130 Å². The average Bonchev–Trinajstić information content (AvgIpc) is 2.76. The quantitative estimate of drug-likeness (QED) is 0.754. The lowest BCUT2D eigenvalue weighted by Crippen LogP contribution is -2.51. The van der Waals surface area contributed by atoms with Crippen molar-refractivity contribution in [2.24, 2.45) is 0 Å². The second-order valence-corrected chi connectivity index (χ2v) is 6.28. The van der Waals surface area contributed by atoms with Crippen LogP contribution in [0, 0.1) is 0 Å². The van der Waals surface area contributed by atoms with E-state index in [1.54, 1.807) is 0 Å². The predicted octanol–water partition coefficient (Wildman–Crippen LogP) is 4.34. The summed E-state index contributed by atoms with van der Waals surface area (Å²) in [4.78, 5) is 0. The Morgan fingerprint density at radius 1 is 1.10 bits per heavy atom. The average molecular weight is 289 g/mol. The van der Waals surface area contributed by atoms with Gasteiger partial charge < -0.3 is 10.1 Å². The van der Waals surface area contributed by atoms with Gasteiger partial charge in [-0.05, 0) is 45.2 Å². The summed E-state index contributed by atoms with van der Waals surface area (Å²) in [6.45, 7) is 2.96. The van der Waals surface area contributed by atoms with Crippen LogP contribution in [-0.4, -0.2) is 25.3 Å². The SMILES string of the molecule is CCOC1(C(CCc2ccccc2)NC)CCCCCC1. The Morgan fingerprint density at radius 2 is 1.76 bits per heavy atom. The Kier molecular flexibility index (Phi) is 6.72. The number of aryl methyl sites for hydroxylation is 1. The monoisotopic (exact) mass is 289 g/mol. The Hall–Kier alpha value is -0.860. The highest BCUT2D eigenvalue weighted by Gasteiger charge is 2.38. The molecule has 1 saturated carbocycles. The van der Waals surface area contributed by atoms with Crippen LogP contribution in [0.4, 0.5) is 0 Å². The van der Waals surface area contributed by atoms with Crippen LogP contribution in [-0.2, 0) is 11.2 Å². The van der Waals surface area contributed by atoms with E-state index in [0.717, 1.165) is 19.4 Å². The molecule has 1 unspecified atom stereocenters. The van der Waals surface area contributed by atoms with Crippen molar-refractivity contribution in [1.82, 2.24) is 5.32 Å². The van der Waals surface area contributed by atoms with Crippen molar-refractivity contribution in [3.63, 3.8) is 0 Å². The Bertz CT molecular complexity index is 382. The second kappa shape index (κ2) is 8.55. The molecule has 21 heavy (non-hydrogen) atoms. The van der Waals surface area contributed by atoms with Gasteiger partial charge in [0.2, 0.25) is 0 Å². The fourth-order valence-corrected chi connectivity index (χ4v) is 3.83. The van der Waals surface area contributed by atoms with Crippen LogP contribution in [0.5, 0.6) is 0 Å². The standard InChI is InChI=1S/C19H31NO/c1-3-21-19(15-9-4-5-10-16-19)18(20-2)14-13-17-11-7-6-8-12-17/h6-8,11-12,18,20H,3-5,9-10,13-16H2,1-2H3. The second-order valence-electron chi connectivity index (χ2n) is 6.28. The summed E-state index contributed by atoms with van der Waals surface area (Å²) in [6.07, 6.45) is 10.0. The van der Waals surface area contributed by atoms with E-state index in [1.165, 1.54) is 44.1 Å². The van der Waals surface area contributed by atoms with Crippen molar-refractivity contribution in [2.75, 3.05) is 13.7 Å². The van der Waals surface area contributed by atoms with Gasteiger partial charge in [0.15, 0.2) is 0 Å². The molecule has 1 aromatic carbocycles. The van der Waals surface area contributed by atoms with Crippen molar-refractivity contribution < 1.29 is 4.74 Å². The lowest BCUT2D eigenvalue weighted by molar-refractivity contribution is -0.0769. The van der Waals surface area contributed by atoms with Crippen LogP contribution in [0.1, 0.15) is 57.4 Å². The minimum absolute atomic E-state index is 0.0504. The largest absolute Gasteiger partial charge is 0.374 e. The molecule has 2 heteroatoms. The first-order chi connectivity index (χ1) is 10.3. The van der Waals surface area contributed by atoms with Crippen LogP contribution in [0.3, 0.4) is 0 Å². The summed E-state index contributed by atoms with van der Waals surface area (Å²) in [7, 11) is 2.10. The molecule has 2 nitrogen and oxygen atoms in total. The summed E-state index contributed by atoms with van der Waals surface area (Å²) >= 11 is 0. The predicted molar refractivity (Wildman–Crippen MR) is 89.7 cm³/mol. The number of likely N-dealkylation sites (N-methyl/N-ethyl adjacent to an activating group) is 1. The van der Waals surface area contributed by atoms with Crippen LogP contribution in [0.15, 0.2) is 30.3 Å². The third-order valence-electron chi connectivity index (χ3n) is 4.93. The minimum Gasteiger partial charge on any atom is -0.374 e. The number of hydrogen-bond donors (Lipinski definition) is 1. The Balaban J connectivity index is 2.04. The molecule has 1 fully saturated rings. The maximum Gasteiger partial charge on any atom is 0.0834 e. The van der Waals surface area contributed by atoms with Crippen LogP contribution in [0.2, 0.25) is 0 Å².